The summed E-state index contributed by atoms with van der Waals surface area (Å²) in [4.78, 5) is 0. The molecule has 0 saturated heterocycles. The topological polar surface area (TPSA) is 50.8 Å². The van der Waals surface area contributed by atoms with E-state index in [0.717, 1.165) is 11.1 Å². The molecule has 0 N–H and O–H groups in total. The molecule has 0 amide bonds. The number of hydrogen-bond donors (Lipinski definition) is 0. The Morgan fingerprint density at radius 3 is 2.33 bits per heavy atom. The highest BCUT2D eigenvalue weighted by Gasteiger charge is 2.44. The summed E-state index contributed by atoms with van der Waals surface area (Å²) >= 11 is 0. The molecule has 2 rings (SSSR count). The molecule has 0 radical (unpaired) electrons. The third-order valence-electron chi connectivity index (χ3n) is 4.08. The van der Waals surface area contributed by atoms with Crippen LogP contribution in [-0.2, 0) is 10.2 Å². The zero-order valence-corrected chi connectivity index (χ0v) is 13.7. The van der Waals surface area contributed by atoms with Gasteiger partial charge < -0.3 is 24.1 Å². The number of rotatable bonds is 4. The van der Waals surface area contributed by atoms with Gasteiger partial charge in [-0.3, -0.25) is 0 Å². The number of nitrogens with zero attached hydrogens (tertiary/aromatic N) is 1. The van der Waals surface area contributed by atoms with Crippen LogP contribution in [0.2, 0.25) is 0 Å². The van der Waals surface area contributed by atoms with Crippen LogP contribution in [0.15, 0.2) is 12.1 Å². The maximum atomic E-state index is 12.9. The Kier molecular flexibility index (Phi) is 4.19. The van der Waals surface area contributed by atoms with Crippen molar-refractivity contribution in [2.45, 2.75) is 32.4 Å². The third kappa shape index (κ3) is 2.73. The van der Waals surface area contributed by atoms with Gasteiger partial charge in [-0.25, -0.2) is 0 Å². The highest BCUT2D eigenvalue weighted by Crippen LogP contribution is 2.47. The van der Waals surface area contributed by atoms with Crippen LogP contribution in [0.25, 0.3) is 0 Å². The van der Waals surface area contributed by atoms with Crippen LogP contribution < -0.4 is 9.47 Å². The normalized spacial score (nSPS) is 27.1. The van der Waals surface area contributed by atoms with Crippen molar-refractivity contribution < 1.29 is 18.9 Å². The van der Waals surface area contributed by atoms with Gasteiger partial charge in [-0.2, -0.15) is 0 Å². The molecule has 1 aliphatic rings. The minimum atomic E-state index is -0.530. The molecule has 0 fully saturated rings. The van der Waals surface area contributed by atoms with Crippen molar-refractivity contribution in [3.63, 3.8) is 0 Å². The van der Waals surface area contributed by atoms with Crippen LogP contribution in [0, 0.1) is 5.21 Å². The summed E-state index contributed by atoms with van der Waals surface area (Å²) in [7, 11) is 4.88. The molecule has 0 aromatic heterocycles. The molecular weight excluding hydrogens is 270 g/mol. The van der Waals surface area contributed by atoms with Crippen LogP contribution in [0.3, 0.4) is 0 Å². The number of fused-ring (bicyclic) bond motifs is 1. The molecule has 5 heteroatoms. The lowest BCUT2D eigenvalue weighted by Crippen LogP contribution is -2.54. The largest absolute Gasteiger partial charge is 0.631 e. The van der Waals surface area contributed by atoms with Gasteiger partial charge in [-0.1, -0.05) is 13.8 Å². The predicted molar refractivity (Wildman–Crippen MR) is 81.4 cm³/mol. The van der Waals surface area contributed by atoms with E-state index in [1.165, 1.54) is 0 Å². The predicted octanol–water partition coefficient (Wildman–Crippen LogP) is 2.97. The Balaban J connectivity index is 2.66. The van der Waals surface area contributed by atoms with Crippen molar-refractivity contribution in [2.24, 2.45) is 0 Å². The van der Waals surface area contributed by atoms with Crippen molar-refractivity contribution in [3.8, 4) is 11.5 Å². The second-order valence-electron chi connectivity index (χ2n) is 6.32. The van der Waals surface area contributed by atoms with Gasteiger partial charge in [-0.15, -0.1) is 0 Å². The number of methoxy groups -OCH3 is 2. The van der Waals surface area contributed by atoms with E-state index in [0.29, 0.717) is 24.7 Å². The Hall–Kier alpha value is -1.30. The summed E-state index contributed by atoms with van der Waals surface area (Å²) in [5.41, 5.74) is 1.73. The van der Waals surface area contributed by atoms with Crippen molar-refractivity contribution >= 4 is 0 Å². The number of likely N-dealkylation sites (N-methyl/N-ethyl adjacent to an activating group) is 1. The smallest absolute Gasteiger partial charge is 0.220 e. The fourth-order valence-electron chi connectivity index (χ4n) is 3.34. The van der Waals surface area contributed by atoms with E-state index in [1.807, 2.05) is 19.1 Å². The molecule has 5 nitrogen and oxygen atoms in total. The molecule has 118 valence electrons. The van der Waals surface area contributed by atoms with Crippen LogP contribution in [0.4, 0.5) is 0 Å². The fraction of sp³-hybridized carbons (Fsp3) is 0.625. The zero-order chi connectivity index (χ0) is 15.8. The Bertz CT molecular complexity index is 525. The second-order valence-corrected chi connectivity index (χ2v) is 6.32. The van der Waals surface area contributed by atoms with Crippen LogP contribution in [-0.4, -0.2) is 39.1 Å². The first-order valence-corrected chi connectivity index (χ1v) is 7.21. The van der Waals surface area contributed by atoms with Crippen molar-refractivity contribution in [1.29, 1.82) is 0 Å². The molecule has 0 aliphatic carbocycles. The van der Waals surface area contributed by atoms with Gasteiger partial charge in [0.1, 0.15) is 0 Å². The zero-order valence-electron chi connectivity index (χ0n) is 13.7. The molecule has 2 unspecified atom stereocenters. The maximum absolute atomic E-state index is 12.9. The van der Waals surface area contributed by atoms with Gasteiger partial charge in [-0.05, 0) is 24.6 Å². The average Bonchev–Trinajstić information content (AvgIpc) is 2.40. The number of quaternary nitrogens is 1. The van der Waals surface area contributed by atoms with Crippen molar-refractivity contribution in [3.05, 3.63) is 28.5 Å². The van der Waals surface area contributed by atoms with Gasteiger partial charge >= 0.3 is 0 Å². The van der Waals surface area contributed by atoms with Gasteiger partial charge in [0, 0.05) is 11.0 Å². The number of hydroxylamine groups is 3. The molecule has 2 atom stereocenters. The van der Waals surface area contributed by atoms with E-state index < -0.39 is 10.9 Å². The van der Waals surface area contributed by atoms with E-state index in [2.05, 4.69) is 13.8 Å². The van der Waals surface area contributed by atoms with E-state index in [-0.39, 0.29) is 5.41 Å². The van der Waals surface area contributed by atoms with Gasteiger partial charge in [0.2, 0.25) is 6.23 Å². The van der Waals surface area contributed by atoms with Gasteiger partial charge in [0.15, 0.2) is 11.5 Å². The minimum absolute atomic E-state index is 0.251. The highest BCUT2D eigenvalue weighted by molar-refractivity contribution is 5.51. The molecule has 0 spiro atoms. The van der Waals surface area contributed by atoms with E-state index in [9.17, 15) is 5.21 Å². The Morgan fingerprint density at radius 1 is 1.24 bits per heavy atom. The molecule has 1 aromatic carbocycles. The first-order chi connectivity index (χ1) is 9.76. The molecule has 1 aromatic rings. The molecule has 21 heavy (non-hydrogen) atoms. The molecule has 0 bridgehead atoms. The summed E-state index contributed by atoms with van der Waals surface area (Å²) in [5, 5.41) is 12.9. The maximum Gasteiger partial charge on any atom is 0.220 e. The van der Waals surface area contributed by atoms with E-state index in [1.54, 1.807) is 21.3 Å². The first-order valence-electron chi connectivity index (χ1n) is 7.21. The van der Waals surface area contributed by atoms with E-state index >= 15 is 0 Å². The lowest BCUT2D eigenvalue weighted by atomic mass is 9.77. The molecule has 1 aliphatic heterocycles. The quantitative estimate of drug-likeness (QED) is 0.633. The first kappa shape index (κ1) is 16.1. The summed E-state index contributed by atoms with van der Waals surface area (Å²) < 4.78 is 16.1. The Morgan fingerprint density at radius 2 is 1.81 bits per heavy atom. The van der Waals surface area contributed by atoms with E-state index in [4.69, 9.17) is 14.2 Å². The number of hydrogen-bond acceptors (Lipinski definition) is 4. The molecular formula is C16H25NO4. The number of ether oxygens (including phenoxy) is 3. The van der Waals surface area contributed by atoms with Crippen molar-refractivity contribution in [1.82, 2.24) is 0 Å². The van der Waals surface area contributed by atoms with Crippen molar-refractivity contribution in [2.75, 3.05) is 34.4 Å². The lowest BCUT2D eigenvalue weighted by molar-refractivity contribution is -0.924. The van der Waals surface area contributed by atoms with Crippen LogP contribution in [0.5, 0.6) is 11.5 Å². The SMILES string of the molecule is CCOC1c2cc(OC)c(OC)cc2C(C)(C)C[N+]1(C)[O-]. The minimum Gasteiger partial charge on any atom is -0.631 e. The average molecular weight is 295 g/mol. The highest BCUT2D eigenvalue weighted by atomic mass is 16.6. The summed E-state index contributed by atoms with van der Waals surface area (Å²) in [6.45, 7) is 7.01. The monoisotopic (exact) mass is 295 g/mol. The van der Waals surface area contributed by atoms with Gasteiger partial charge in [0.05, 0.1) is 34.4 Å². The second kappa shape index (κ2) is 5.48. The Labute approximate surface area is 126 Å². The fourth-order valence-corrected chi connectivity index (χ4v) is 3.34. The third-order valence-corrected chi connectivity index (χ3v) is 4.08. The van der Waals surface area contributed by atoms with Gasteiger partial charge in [0.25, 0.3) is 0 Å². The summed E-state index contributed by atoms with van der Waals surface area (Å²) in [5.74, 6) is 1.31. The summed E-state index contributed by atoms with van der Waals surface area (Å²) in [6.07, 6.45) is -0.530. The summed E-state index contributed by atoms with van der Waals surface area (Å²) in [6, 6.07) is 3.85. The van der Waals surface area contributed by atoms with Crippen LogP contribution in [0.1, 0.15) is 38.1 Å². The standard InChI is InChI=1S/C16H25NO4/c1-7-21-15-11-8-13(19-5)14(20-6)9-12(11)16(2,3)10-17(15,4)18/h8-9,15H,7,10H2,1-6H3. The number of benzene rings is 1. The van der Waals surface area contributed by atoms with Crippen LogP contribution >= 0.6 is 0 Å². The molecule has 1 heterocycles. The lowest BCUT2D eigenvalue weighted by Gasteiger charge is -2.53. The molecule has 0 saturated carbocycles.